The molecule has 1 aliphatic heterocycles. The molecule has 21 heavy (non-hydrogen) atoms. The SMILES string of the molecule is CCCc1cc(CNC)cc(N2CCC(N(C)C)CC2)n1. The van der Waals surface area contributed by atoms with Crippen molar-refractivity contribution >= 4 is 5.82 Å². The lowest BCUT2D eigenvalue weighted by molar-refractivity contribution is 0.249. The summed E-state index contributed by atoms with van der Waals surface area (Å²) in [6.07, 6.45) is 4.68. The van der Waals surface area contributed by atoms with Crippen LogP contribution in [0, 0.1) is 0 Å². The summed E-state index contributed by atoms with van der Waals surface area (Å²) in [5.74, 6) is 1.17. The van der Waals surface area contributed by atoms with E-state index in [-0.39, 0.29) is 0 Å². The molecule has 2 rings (SSSR count). The number of hydrogen-bond donors (Lipinski definition) is 1. The number of hydrogen-bond acceptors (Lipinski definition) is 4. The van der Waals surface area contributed by atoms with Crippen molar-refractivity contribution in [2.24, 2.45) is 0 Å². The lowest BCUT2D eigenvalue weighted by Gasteiger charge is -2.36. The van der Waals surface area contributed by atoms with E-state index in [0.29, 0.717) is 0 Å². The molecule has 0 saturated carbocycles. The molecule has 0 unspecified atom stereocenters. The van der Waals surface area contributed by atoms with Crippen LogP contribution in [0.2, 0.25) is 0 Å². The van der Waals surface area contributed by atoms with Gasteiger partial charge in [-0.3, -0.25) is 0 Å². The van der Waals surface area contributed by atoms with E-state index in [9.17, 15) is 0 Å². The number of nitrogens with one attached hydrogen (secondary N) is 1. The lowest BCUT2D eigenvalue weighted by atomic mass is 10.0. The molecule has 1 aromatic heterocycles. The fraction of sp³-hybridized carbons (Fsp3) is 0.706. The van der Waals surface area contributed by atoms with Gasteiger partial charge in [0, 0.05) is 31.4 Å². The van der Waals surface area contributed by atoms with Crippen LogP contribution >= 0.6 is 0 Å². The number of aromatic nitrogens is 1. The minimum absolute atomic E-state index is 0.719. The van der Waals surface area contributed by atoms with Crippen LogP contribution in [-0.4, -0.2) is 50.2 Å². The fourth-order valence-electron chi connectivity index (χ4n) is 3.10. The summed E-state index contributed by atoms with van der Waals surface area (Å²) >= 11 is 0. The zero-order valence-electron chi connectivity index (χ0n) is 14.0. The number of anilines is 1. The predicted molar refractivity (Wildman–Crippen MR) is 89.9 cm³/mol. The molecule has 0 atom stereocenters. The number of nitrogens with zero attached hydrogens (tertiary/aromatic N) is 3. The Morgan fingerprint density at radius 1 is 1.29 bits per heavy atom. The van der Waals surface area contributed by atoms with E-state index in [1.165, 1.54) is 29.9 Å². The van der Waals surface area contributed by atoms with Crippen LogP contribution in [0.3, 0.4) is 0 Å². The van der Waals surface area contributed by atoms with Crippen molar-refractivity contribution in [3.05, 3.63) is 23.4 Å². The molecule has 1 fully saturated rings. The van der Waals surface area contributed by atoms with Crippen LogP contribution in [0.5, 0.6) is 0 Å². The molecular formula is C17H30N4. The van der Waals surface area contributed by atoms with Gasteiger partial charge in [-0.25, -0.2) is 4.98 Å². The van der Waals surface area contributed by atoms with Crippen LogP contribution < -0.4 is 10.2 Å². The van der Waals surface area contributed by atoms with Gasteiger partial charge in [-0.1, -0.05) is 13.3 Å². The van der Waals surface area contributed by atoms with Crippen molar-refractivity contribution < 1.29 is 0 Å². The summed E-state index contributed by atoms with van der Waals surface area (Å²) < 4.78 is 0. The molecule has 1 aliphatic rings. The fourth-order valence-corrected chi connectivity index (χ4v) is 3.10. The largest absolute Gasteiger partial charge is 0.356 e. The van der Waals surface area contributed by atoms with Gasteiger partial charge < -0.3 is 15.1 Å². The maximum Gasteiger partial charge on any atom is 0.129 e. The van der Waals surface area contributed by atoms with Crippen LogP contribution in [0.15, 0.2) is 12.1 Å². The van der Waals surface area contributed by atoms with Gasteiger partial charge in [-0.2, -0.15) is 0 Å². The first-order chi connectivity index (χ1) is 10.1. The van der Waals surface area contributed by atoms with Crippen molar-refractivity contribution in [3.63, 3.8) is 0 Å². The average molecular weight is 290 g/mol. The summed E-state index contributed by atoms with van der Waals surface area (Å²) in [6.45, 7) is 5.36. The Labute approximate surface area is 129 Å². The predicted octanol–water partition coefficient (Wildman–Crippen LogP) is 2.28. The first kappa shape index (κ1) is 16.2. The van der Waals surface area contributed by atoms with Crippen LogP contribution in [0.1, 0.15) is 37.4 Å². The average Bonchev–Trinajstić information content (AvgIpc) is 2.48. The monoisotopic (exact) mass is 290 g/mol. The van der Waals surface area contributed by atoms with E-state index in [0.717, 1.165) is 38.5 Å². The highest BCUT2D eigenvalue weighted by atomic mass is 15.2. The van der Waals surface area contributed by atoms with Crippen molar-refractivity contribution in [2.75, 3.05) is 39.1 Å². The van der Waals surface area contributed by atoms with Gasteiger partial charge in [0.25, 0.3) is 0 Å². The second-order valence-electron chi connectivity index (χ2n) is 6.29. The summed E-state index contributed by atoms with van der Waals surface area (Å²) in [7, 11) is 6.37. The number of piperidine rings is 1. The van der Waals surface area contributed by atoms with Crippen LogP contribution in [0.4, 0.5) is 5.82 Å². The van der Waals surface area contributed by atoms with Gasteiger partial charge in [0.05, 0.1) is 0 Å². The zero-order chi connectivity index (χ0) is 15.2. The van der Waals surface area contributed by atoms with Gasteiger partial charge in [0.2, 0.25) is 0 Å². The van der Waals surface area contributed by atoms with Crippen molar-refractivity contribution in [2.45, 2.75) is 45.2 Å². The van der Waals surface area contributed by atoms with E-state index in [4.69, 9.17) is 4.98 Å². The first-order valence-corrected chi connectivity index (χ1v) is 8.19. The lowest BCUT2D eigenvalue weighted by Crippen LogP contribution is -2.42. The third-order valence-corrected chi connectivity index (χ3v) is 4.33. The molecule has 1 N–H and O–H groups in total. The van der Waals surface area contributed by atoms with Crippen molar-refractivity contribution in [3.8, 4) is 0 Å². The number of aryl methyl sites for hydroxylation is 1. The van der Waals surface area contributed by atoms with Crippen LogP contribution in [-0.2, 0) is 13.0 Å². The molecule has 0 amide bonds. The zero-order valence-corrected chi connectivity index (χ0v) is 14.0. The van der Waals surface area contributed by atoms with Gasteiger partial charge in [0.1, 0.15) is 5.82 Å². The van der Waals surface area contributed by atoms with E-state index in [1.54, 1.807) is 0 Å². The summed E-state index contributed by atoms with van der Waals surface area (Å²) in [6, 6.07) is 5.22. The normalized spacial score (nSPS) is 16.7. The molecule has 0 aliphatic carbocycles. The standard InChI is InChI=1S/C17H30N4/c1-5-6-15-11-14(13-18-2)12-17(19-15)21-9-7-16(8-10-21)20(3)4/h11-12,16,18H,5-10,13H2,1-4H3. The summed E-state index contributed by atoms with van der Waals surface area (Å²) in [5.41, 5.74) is 2.58. The third-order valence-electron chi connectivity index (χ3n) is 4.33. The first-order valence-electron chi connectivity index (χ1n) is 8.19. The highest BCUT2D eigenvalue weighted by Gasteiger charge is 2.21. The van der Waals surface area contributed by atoms with Gasteiger partial charge >= 0.3 is 0 Å². The van der Waals surface area contributed by atoms with E-state index in [2.05, 4.69) is 48.3 Å². The molecule has 4 heteroatoms. The molecular weight excluding hydrogens is 260 g/mol. The van der Waals surface area contributed by atoms with E-state index < -0.39 is 0 Å². The smallest absolute Gasteiger partial charge is 0.129 e. The molecule has 0 radical (unpaired) electrons. The molecule has 2 heterocycles. The molecule has 0 spiro atoms. The van der Waals surface area contributed by atoms with Crippen LogP contribution in [0.25, 0.3) is 0 Å². The summed E-state index contributed by atoms with van der Waals surface area (Å²) in [5, 5.41) is 3.25. The number of pyridine rings is 1. The minimum atomic E-state index is 0.719. The number of rotatable bonds is 6. The topological polar surface area (TPSA) is 31.4 Å². The maximum absolute atomic E-state index is 4.88. The van der Waals surface area contributed by atoms with Gasteiger partial charge in [-0.05, 0) is 58.1 Å². The van der Waals surface area contributed by atoms with E-state index in [1.807, 2.05) is 7.05 Å². The van der Waals surface area contributed by atoms with Crippen molar-refractivity contribution in [1.29, 1.82) is 0 Å². The second-order valence-corrected chi connectivity index (χ2v) is 6.29. The molecule has 4 nitrogen and oxygen atoms in total. The third kappa shape index (κ3) is 4.42. The Morgan fingerprint density at radius 2 is 2.00 bits per heavy atom. The molecule has 0 bridgehead atoms. The molecule has 1 aromatic rings. The Hall–Kier alpha value is -1.13. The quantitative estimate of drug-likeness (QED) is 0.871. The van der Waals surface area contributed by atoms with E-state index >= 15 is 0 Å². The Bertz CT molecular complexity index is 412. The Morgan fingerprint density at radius 3 is 2.57 bits per heavy atom. The molecule has 1 saturated heterocycles. The minimum Gasteiger partial charge on any atom is -0.356 e. The second kappa shape index (κ2) is 7.76. The maximum atomic E-state index is 4.88. The highest BCUT2D eigenvalue weighted by Crippen LogP contribution is 2.22. The highest BCUT2D eigenvalue weighted by molar-refractivity contribution is 5.43. The molecule has 0 aromatic carbocycles. The molecule has 118 valence electrons. The van der Waals surface area contributed by atoms with Gasteiger partial charge in [0.15, 0.2) is 0 Å². The Kier molecular flexibility index (Phi) is 6.00. The summed E-state index contributed by atoms with van der Waals surface area (Å²) in [4.78, 5) is 9.69. The van der Waals surface area contributed by atoms with Gasteiger partial charge in [-0.15, -0.1) is 0 Å². The van der Waals surface area contributed by atoms with Crippen molar-refractivity contribution in [1.82, 2.24) is 15.2 Å². The Balaban J connectivity index is 2.11.